The molecule has 3 aromatic rings. The third-order valence-electron chi connectivity index (χ3n) is 5.88. The summed E-state index contributed by atoms with van der Waals surface area (Å²) in [7, 11) is 1.58. The van der Waals surface area contributed by atoms with Gasteiger partial charge in [-0.2, -0.15) is 0 Å². The molecule has 0 spiro atoms. The van der Waals surface area contributed by atoms with Gasteiger partial charge in [-0.3, -0.25) is 9.36 Å². The van der Waals surface area contributed by atoms with E-state index in [4.69, 9.17) is 18.9 Å². The summed E-state index contributed by atoms with van der Waals surface area (Å²) in [6.07, 6.45) is 1.48. The van der Waals surface area contributed by atoms with Gasteiger partial charge in [0.15, 0.2) is 16.3 Å². The van der Waals surface area contributed by atoms with Crippen LogP contribution in [0.5, 0.6) is 17.2 Å². The van der Waals surface area contributed by atoms with Crippen molar-refractivity contribution in [3.05, 3.63) is 84.5 Å². The van der Waals surface area contributed by atoms with Gasteiger partial charge in [0, 0.05) is 0 Å². The second kappa shape index (κ2) is 11.7. The number of hydrogen-bond donors (Lipinski definition) is 0. The number of rotatable bonds is 9. The summed E-state index contributed by atoms with van der Waals surface area (Å²) >= 11 is 1.27. The minimum atomic E-state index is -0.690. The molecule has 0 bridgehead atoms. The van der Waals surface area contributed by atoms with Gasteiger partial charge in [0.25, 0.3) is 5.56 Å². The minimum Gasteiger partial charge on any atom is -0.494 e. The van der Waals surface area contributed by atoms with Crippen LogP contribution in [-0.4, -0.2) is 37.0 Å². The molecule has 38 heavy (non-hydrogen) atoms. The van der Waals surface area contributed by atoms with Gasteiger partial charge in [-0.05, 0) is 76.1 Å². The van der Waals surface area contributed by atoms with Crippen molar-refractivity contribution in [2.24, 2.45) is 4.99 Å². The van der Waals surface area contributed by atoms with E-state index in [1.807, 2.05) is 50.2 Å². The van der Waals surface area contributed by atoms with Crippen LogP contribution in [0.1, 0.15) is 51.8 Å². The van der Waals surface area contributed by atoms with Gasteiger partial charge in [-0.25, -0.2) is 9.79 Å². The van der Waals surface area contributed by atoms with Crippen LogP contribution in [0.3, 0.4) is 0 Å². The highest BCUT2D eigenvalue weighted by Gasteiger charge is 2.33. The molecule has 2 aromatic carbocycles. The summed E-state index contributed by atoms with van der Waals surface area (Å²) in [6, 6.07) is 12.2. The van der Waals surface area contributed by atoms with Crippen LogP contribution >= 0.6 is 11.3 Å². The Morgan fingerprint density at radius 1 is 1.08 bits per heavy atom. The van der Waals surface area contributed by atoms with E-state index in [-0.39, 0.29) is 11.7 Å². The summed E-state index contributed by atoms with van der Waals surface area (Å²) in [5.74, 6) is 1.43. The van der Waals surface area contributed by atoms with Crippen molar-refractivity contribution in [3.8, 4) is 17.2 Å². The fourth-order valence-electron chi connectivity index (χ4n) is 4.29. The van der Waals surface area contributed by atoms with Crippen molar-refractivity contribution in [2.75, 3.05) is 20.3 Å². The summed E-state index contributed by atoms with van der Waals surface area (Å²) in [5, 5.41) is 0. The molecule has 9 heteroatoms. The van der Waals surface area contributed by atoms with E-state index in [0.717, 1.165) is 11.1 Å². The summed E-state index contributed by atoms with van der Waals surface area (Å²) in [5.41, 5.74) is 2.15. The molecule has 0 fully saturated rings. The highest BCUT2D eigenvalue weighted by atomic mass is 32.1. The molecule has 1 aromatic heterocycles. The van der Waals surface area contributed by atoms with Crippen molar-refractivity contribution in [1.82, 2.24) is 4.57 Å². The first kappa shape index (κ1) is 27.2. The summed E-state index contributed by atoms with van der Waals surface area (Å²) < 4.78 is 24.3. The zero-order valence-electron chi connectivity index (χ0n) is 22.4. The lowest BCUT2D eigenvalue weighted by molar-refractivity contribution is -0.143. The molecule has 1 aliphatic rings. The number of methoxy groups -OCH3 is 1. The van der Waals surface area contributed by atoms with Crippen molar-refractivity contribution in [2.45, 2.75) is 46.8 Å². The summed E-state index contributed by atoms with van der Waals surface area (Å²) in [4.78, 5) is 32.2. The lowest BCUT2D eigenvalue weighted by Crippen LogP contribution is -2.40. The topological polar surface area (TPSA) is 88.4 Å². The molecule has 0 amide bonds. The van der Waals surface area contributed by atoms with Gasteiger partial charge in [0.1, 0.15) is 5.75 Å². The van der Waals surface area contributed by atoms with Crippen molar-refractivity contribution in [3.63, 3.8) is 0 Å². The highest BCUT2D eigenvalue weighted by Crippen LogP contribution is 2.32. The second-order valence-electron chi connectivity index (χ2n) is 8.88. The number of carbonyl (C=O) groups is 1. The third-order valence-corrected chi connectivity index (χ3v) is 6.86. The van der Waals surface area contributed by atoms with Crippen molar-refractivity contribution < 1.29 is 23.7 Å². The zero-order chi connectivity index (χ0) is 27.4. The zero-order valence-corrected chi connectivity index (χ0v) is 23.3. The minimum absolute atomic E-state index is 0.247. The maximum absolute atomic E-state index is 13.8. The monoisotopic (exact) mass is 536 g/mol. The summed E-state index contributed by atoms with van der Waals surface area (Å²) in [6.45, 7) is 10.2. The SMILES string of the molecule is CCOc1ccc([C@H]2C(C(=O)OC(C)C)=C(C)N=c3s/c(=C/c4ccc(OC)c(OCC)c4)c(=O)n32)cc1. The van der Waals surface area contributed by atoms with E-state index < -0.39 is 12.0 Å². The number of fused-ring (bicyclic) bond motifs is 1. The molecule has 0 saturated carbocycles. The van der Waals surface area contributed by atoms with E-state index in [0.29, 0.717) is 51.1 Å². The normalized spacial score (nSPS) is 15.2. The first-order chi connectivity index (χ1) is 18.3. The van der Waals surface area contributed by atoms with Gasteiger partial charge < -0.3 is 18.9 Å². The van der Waals surface area contributed by atoms with E-state index in [1.165, 1.54) is 11.3 Å². The number of thiazole rings is 1. The molecular formula is C29H32N2O6S. The number of esters is 1. The predicted octanol–water partition coefficient (Wildman–Crippen LogP) is 3.99. The molecular weight excluding hydrogens is 504 g/mol. The average molecular weight is 537 g/mol. The van der Waals surface area contributed by atoms with Gasteiger partial charge in [-0.1, -0.05) is 29.5 Å². The van der Waals surface area contributed by atoms with E-state index in [9.17, 15) is 9.59 Å². The van der Waals surface area contributed by atoms with Gasteiger partial charge >= 0.3 is 5.97 Å². The standard InChI is InChI=1S/C29H32N2O6S/c1-7-35-21-12-10-20(11-13-21)26-25(28(33)37-17(3)4)18(5)30-29-31(26)27(32)24(38-29)16-19-9-14-22(34-6)23(15-19)36-8-2/h9-17,26H,7-8H2,1-6H3/b24-16+/t26-/m0/s1. The van der Waals surface area contributed by atoms with Gasteiger partial charge in [-0.15, -0.1) is 0 Å². The number of carbonyl (C=O) groups excluding carboxylic acids is 1. The van der Waals surface area contributed by atoms with Crippen molar-refractivity contribution >= 4 is 23.4 Å². The van der Waals surface area contributed by atoms with Crippen LogP contribution in [0.2, 0.25) is 0 Å². The van der Waals surface area contributed by atoms with Gasteiger partial charge in [0.2, 0.25) is 0 Å². The van der Waals surface area contributed by atoms with Gasteiger partial charge in [0.05, 0.1) is 48.3 Å². The Morgan fingerprint density at radius 2 is 1.79 bits per heavy atom. The fourth-order valence-corrected chi connectivity index (χ4v) is 5.34. The number of allylic oxidation sites excluding steroid dienone is 1. The van der Waals surface area contributed by atoms with Crippen LogP contribution in [-0.2, 0) is 9.53 Å². The number of ether oxygens (including phenoxy) is 4. The molecule has 1 atom stereocenters. The Bertz CT molecular complexity index is 1530. The van der Waals surface area contributed by atoms with Crippen LogP contribution in [0.4, 0.5) is 0 Å². The Hall–Kier alpha value is -3.85. The Morgan fingerprint density at radius 3 is 2.42 bits per heavy atom. The van der Waals surface area contributed by atoms with E-state index in [1.54, 1.807) is 44.6 Å². The molecule has 1 aliphatic heterocycles. The first-order valence-electron chi connectivity index (χ1n) is 12.5. The maximum Gasteiger partial charge on any atom is 0.338 e. The van der Waals surface area contributed by atoms with Crippen LogP contribution in [0.25, 0.3) is 6.08 Å². The van der Waals surface area contributed by atoms with E-state index >= 15 is 0 Å². The molecule has 8 nitrogen and oxygen atoms in total. The van der Waals surface area contributed by atoms with Crippen LogP contribution in [0.15, 0.2) is 63.5 Å². The Kier molecular flexibility index (Phi) is 8.36. The first-order valence-corrected chi connectivity index (χ1v) is 13.4. The molecule has 2 heterocycles. The molecule has 0 saturated heterocycles. The van der Waals surface area contributed by atoms with Crippen molar-refractivity contribution in [1.29, 1.82) is 0 Å². The smallest absolute Gasteiger partial charge is 0.338 e. The molecule has 200 valence electrons. The molecule has 0 radical (unpaired) electrons. The average Bonchev–Trinajstić information content (AvgIpc) is 3.18. The molecule has 0 N–H and O–H groups in total. The number of hydrogen-bond acceptors (Lipinski definition) is 8. The quantitative estimate of drug-likeness (QED) is 0.384. The van der Waals surface area contributed by atoms with E-state index in [2.05, 4.69) is 4.99 Å². The lowest BCUT2D eigenvalue weighted by Gasteiger charge is -2.25. The largest absolute Gasteiger partial charge is 0.494 e. The fraction of sp³-hybridized carbons (Fsp3) is 0.345. The van der Waals surface area contributed by atoms with Crippen LogP contribution in [0, 0.1) is 0 Å². The highest BCUT2D eigenvalue weighted by molar-refractivity contribution is 7.07. The van der Waals surface area contributed by atoms with Crippen LogP contribution < -0.4 is 29.1 Å². The molecule has 4 rings (SSSR count). The number of aromatic nitrogens is 1. The Labute approximate surface area is 225 Å². The number of benzene rings is 2. The second-order valence-corrected chi connectivity index (χ2v) is 9.89. The molecule has 0 aliphatic carbocycles. The Balaban J connectivity index is 1.88. The maximum atomic E-state index is 13.8. The lowest BCUT2D eigenvalue weighted by atomic mass is 9.96. The molecule has 0 unspecified atom stereocenters. The predicted molar refractivity (Wildman–Crippen MR) is 147 cm³/mol. The number of nitrogens with zero attached hydrogens (tertiary/aromatic N) is 2. The third kappa shape index (κ3) is 5.52.